The van der Waals surface area contributed by atoms with Gasteiger partial charge in [0, 0.05) is 29.8 Å². The molecule has 0 unspecified atom stereocenters. The Morgan fingerprint density at radius 1 is 0.979 bits per heavy atom. The van der Waals surface area contributed by atoms with E-state index < -0.39 is 58.7 Å². The molecule has 0 amide bonds. The summed E-state index contributed by atoms with van der Waals surface area (Å²) in [6.07, 6.45) is -3.70. The topological polar surface area (TPSA) is 93.8 Å². The molecule has 4 aromatic rings. The van der Waals surface area contributed by atoms with Crippen molar-refractivity contribution < 1.29 is 36.6 Å². The molecule has 0 radical (unpaired) electrons. The number of aliphatic carboxylic acids is 1. The average molecular weight is 672 g/mol. The number of likely N-dealkylation sites (N-methyl/N-ethyl adjacent to an activating group) is 1. The van der Waals surface area contributed by atoms with Gasteiger partial charge in [0.1, 0.15) is 5.82 Å². The molecule has 0 spiro atoms. The number of unbranched alkanes of at least 4 members (excludes halogenated alkanes) is 1. The van der Waals surface area contributed by atoms with E-state index in [-0.39, 0.29) is 42.1 Å². The van der Waals surface area contributed by atoms with Gasteiger partial charge in [0.2, 0.25) is 0 Å². The summed E-state index contributed by atoms with van der Waals surface area (Å²) in [5, 5.41) is 8.85. The van der Waals surface area contributed by atoms with Crippen LogP contribution in [0, 0.1) is 18.6 Å². The smallest absolute Gasteiger partial charge is 0.416 e. The predicted molar refractivity (Wildman–Crippen MR) is 168 cm³/mol. The molecule has 3 aromatic carbocycles. The molecule has 1 aliphatic heterocycles. The van der Waals surface area contributed by atoms with Gasteiger partial charge < -0.3 is 9.84 Å². The summed E-state index contributed by atoms with van der Waals surface area (Å²) in [5.41, 5.74) is -2.75. The maximum atomic E-state index is 16.1. The molecule has 0 fully saturated rings. The van der Waals surface area contributed by atoms with Gasteiger partial charge >= 0.3 is 17.8 Å². The number of nitrogens with zero attached hydrogens (tertiary/aromatic N) is 3. The molecule has 254 valence electrons. The Labute approximate surface area is 272 Å². The second-order valence-corrected chi connectivity index (χ2v) is 11.8. The lowest BCUT2D eigenvalue weighted by Crippen LogP contribution is -2.46. The number of carboxylic acids is 1. The van der Waals surface area contributed by atoms with Crippen molar-refractivity contribution in [1.82, 2.24) is 14.0 Å². The van der Waals surface area contributed by atoms with Crippen LogP contribution in [0.3, 0.4) is 0 Å². The number of fused-ring (bicyclic) bond motifs is 1. The van der Waals surface area contributed by atoms with E-state index in [4.69, 9.17) is 9.84 Å². The highest BCUT2D eigenvalue weighted by atomic mass is 19.4. The quantitative estimate of drug-likeness (QED) is 0.151. The molecular formula is C35H34F5N3O5. The lowest BCUT2D eigenvalue weighted by Gasteiger charge is -2.35. The molecule has 5 rings (SSSR count). The van der Waals surface area contributed by atoms with E-state index in [1.165, 1.54) is 25.1 Å². The van der Waals surface area contributed by atoms with E-state index in [2.05, 4.69) is 0 Å². The summed E-state index contributed by atoms with van der Waals surface area (Å²) in [6, 6.07) is 13.6. The van der Waals surface area contributed by atoms with Gasteiger partial charge in [-0.1, -0.05) is 42.5 Å². The van der Waals surface area contributed by atoms with Crippen LogP contribution in [0.1, 0.15) is 53.3 Å². The Morgan fingerprint density at radius 3 is 2.44 bits per heavy atom. The zero-order valence-corrected chi connectivity index (χ0v) is 26.3. The van der Waals surface area contributed by atoms with E-state index in [0.717, 1.165) is 38.8 Å². The van der Waals surface area contributed by atoms with Crippen molar-refractivity contribution in [3.63, 3.8) is 0 Å². The summed E-state index contributed by atoms with van der Waals surface area (Å²) in [7, 11) is 1.82. The van der Waals surface area contributed by atoms with Crippen LogP contribution in [0.25, 0.3) is 11.1 Å². The van der Waals surface area contributed by atoms with Crippen molar-refractivity contribution in [3.05, 3.63) is 121 Å². The molecule has 13 heteroatoms. The number of ether oxygens (including phenoxy) is 1. The van der Waals surface area contributed by atoms with E-state index in [1.54, 1.807) is 0 Å². The molecule has 1 aromatic heterocycles. The van der Waals surface area contributed by atoms with E-state index in [1.807, 2.05) is 36.2 Å². The van der Waals surface area contributed by atoms with Crippen LogP contribution in [-0.4, -0.2) is 45.3 Å². The van der Waals surface area contributed by atoms with Gasteiger partial charge in [0.15, 0.2) is 11.6 Å². The minimum Gasteiger partial charge on any atom is -0.490 e. The van der Waals surface area contributed by atoms with E-state index >= 15 is 8.78 Å². The van der Waals surface area contributed by atoms with Crippen molar-refractivity contribution in [2.75, 3.05) is 20.2 Å². The van der Waals surface area contributed by atoms with Gasteiger partial charge in [-0.25, -0.2) is 13.6 Å². The van der Waals surface area contributed by atoms with Gasteiger partial charge in [-0.15, -0.1) is 0 Å². The molecule has 2 heterocycles. The molecule has 1 N–H and O–H groups in total. The van der Waals surface area contributed by atoms with Crippen LogP contribution < -0.4 is 16.0 Å². The fourth-order valence-electron chi connectivity index (χ4n) is 6.16. The number of hydrogen-bond donors (Lipinski definition) is 1. The van der Waals surface area contributed by atoms with Crippen LogP contribution in [0.4, 0.5) is 22.0 Å². The molecule has 0 bridgehead atoms. The Bertz CT molecular complexity index is 1950. The first kappa shape index (κ1) is 34.6. The SMILES string of the molecule is Cc1c(-c2cccc(OCCCCC(=O)O)c2F)c(=O)n(C[C@H]2c3ccccc3CCN2C)c(=O)n1Cc1c(F)cccc1C(F)(F)F. The predicted octanol–water partition coefficient (Wildman–Crippen LogP) is 6.19. The molecule has 1 aliphatic rings. The van der Waals surface area contributed by atoms with E-state index in [9.17, 15) is 27.6 Å². The zero-order chi connectivity index (χ0) is 34.7. The summed E-state index contributed by atoms with van der Waals surface area (Å²) in [4.78, 5) is 41.1. The molecule has 0 aliphatic carbocycles. The number of halogens is 5. The molecule has 48 heavy (non-hydrogen) atoms. The molecule has 1 atom stereocenters. The van der Waals surface area contributed by atoms with Gasteiger partial charge in [-0.3, -0.25) is 23.6 Å². The fourth-order valence-corrected chi connectivity index (χ4v) is 6.16. The number of alkyl halides is 3. The minimum absolute atomic E-state index is 0.0166. The van der Waals surface area contributed by atoms with Crippen LogP contribution in [-0.2, 0) is 30.5 Å². The lowest BCUT2D eigenvalue weighted by atomic mass is 9.93. The number of aromatic nitrogens is 2. The number of rotatable bonds is 11. The van der Waals surface area contributed by atoms with Crippen molar-refractivity contribution >= 4 is 5.97 Å². The summed E-state index contributed by atoms with van der Waals surface area (Å²) in [6.45, 7) is 0.809. The Balaban J connectivity index is 1.67. The van der Waals surface area contributed by atoms with Gasteiger partial charge in [0.05, 0.1) is 36.9 Å². The van der Waals surface area contributed by atoms with E-state index in [0.29, 0.717) is 25.5 Å². The van der Waals surface area contributed by atoms with Crippen LogP contribution >= 0.6 is 0 Å². The van der Waals surface area contributed by atoms with Crippen molar-refractivity contribution in [3.8, 4) is 16.9 Å². The van der Waals surface area contributed by atoms with Crippen LogP contribution in [0.2, 0.25) is 0 Å². The molecular weight excluding hydrogens is 637 g/mol. The van der Waals surface area contributed by atoms with Gasteiger partial charge in [0.25, 0.3) is 5.56 Å². The summed E-state index contributed by atoms with van der Waals surface area (Å²) >= 11 is 0. The molecule has 0 saturated carbocycles. The third-order valence-corrected chi connectivity index (χ3v) is 8.74. The standard InChI is InChI=1S/C35H34F5N3O5/c1-21-31(24-11-7-14-29(32(24)37)48-18-6-5-15-30(44)45)33(46)43(20-28-23-10-4-3-9-22(23)16-17-41(28)2)34(47)42(21)19-25-26(35(38,39)40)12-8-13-27(25)36/h3-4,7-14,28H,5-6,15-20H2,1-2H3,(H,44,45)/t28-/m0/s1. The maximum Gasteiger partial charge on any atom is 0.416 e. The number of benzene rings is 3. The largest absolute Gasteiger partial charge is 0.490 e. The highest BCUT2D eigenvalue weighted by Crippen LogP contribution is 2.35. The third kappa shape index (κ3) is 7.05. The normalized spacial score (nSPS) is 14.9. The van der Waals surface area contributed by atoms with Crippen LogP contribution in [0.15, 0.2) is 70.3 Å². The highest BCUT2D eigenvalue weighted by Gasteiger charge is 2.35. The monoisotopic (exact) mass is 671 g/mol. The number of carboxylic acid groups (broad SMARTS) is 1. The zero-order valence-electron chi connectivity index (χ0n) is 26.3. The van der Waals surface area contributed by atoms with Crippen molar-refractivity contribution in [2.45, 2.75) is 57.9 Å². The first-order valence-corrected chi connectivity index (χ1v) is 15.4. The highest BCUT2D eigenvalue weighted by molar-refractivity contribution is 5.68. The van der Waals surface area contributed by atoms with Crippen molar-refractivity contribution in [2.24, 2.45) is 0 Å². The summed E-state index contributed by atoms with van der Waals surface area (Å²) < 4.78 is 80.4. The second-order valence-electron chi connectivity index (χ2n) is 11.8. The summed E-state index contributed by atoms with van der Waals surface area (Å²) in [5.74, 6) is -3.36. The Kier molecular flexibility index (Phi) is 10.2. The molecule has 8 nitrogen and oxygen atoms in total. The third-order valence-electron chi connectivity index (χ3n) is 8.74. The fraction of sp³-hybridized carbons (Fsp3) is 0.343. The van der Waals surface area contributed by atoms with Gasteiger partial charge in [-0.2, -0.15) is 13.2 Å². The Morgan fingerprint density at radius 2 is 1.71 bits per heavy atom. The molecule has 0 saturated heterocycles. The van der Waals surface area contributed by atoms with Gasteiger partial charge in [-0.05, 0) is 62.6 Å². The number of hydrogen-bond acceptors (Lipinski definition) is 5. The minimum atomic E-state index is -4.94. The lowest BCUT2D eigenvalue weighted by molar-refractivity contribution is -0.139. The Hall–Kier alpha value is -4.78. The van der Waals surface area contributed by atoms with Crippen molar-refractivity contribution in [1.29, 1.82) is 0 Å². The average Bonchev–Trinajstić information content (AvgIpc) is 3.03. The second kappa shape index (κ2) is 14.1. The first-order chi connectivity index (χ1) is 22.8. The number of carbonyl (C=O) groups is 1. The maximum absolute atomic E-state index is 16.1. The first-order valence-electron chi connectivity index (χ1n) is 15.4. The van der Waals surface area contributed by atoms with Crippen LogP contribution in [0.5, 0.6) is 5.75 Å².